The Bertz CT molecular complexity index is 626. The Labute approximate surface area is 138 Å². The topological polar surface area (TPSA) is 41.1 Å². The highest BCUT2D eigenvalue weighted by atomic mass is 15.2. The van der Waals surface area contributed by atoms with Crippen molar-refractivity contribution < 1.29 is 0 Å². The summed E-state index contributed by atoms with van der Waals surface area (Å²) < 4.78 is 0. The van der Waals surface area contributed by atoms with E-state index in [0.29, 0.717) is 6.04 Å². The molecule has 4 nitrogen and oxygen atoms in total. The summed E-state index contributed by atoms with van der Waals surface area (Å²) in [4.78, 5) is 11.7. The van der Waals surface area contributed by atoms with Crippen molar-refractivity contribution in [2.45, 2.75) is 44.3 Å². The molecule has 2 fully saturated rings. The van der Waals surface area contributed by atoms with Crippen molar-refractivity contribution in [1.29, 1.82) is 0 Å². The molecule has 120 valence electrons. The highest BCUT2D eigenvalue weighted by molar-refractivity contribution is 5.53. The van der Waals surface area contributed by atoms with E-state index in [0.717, 1.165) is 24.0 Å². The van der Waals surface area contributed by atoms with Crippen molar-refractivity contribution in [3.8, 4) is 11.4 Å². The summed E-state index contributed by atoms with van der Waals surface area (Å²) >= 11 is 0. The Morgan fingerprint density at radius 2 is 1.83 bits per heavy atom. The van der Waals surface area contributed by atoms with Gasteiger partial charge in [0.25, 0.3) is 0 Å². The van der Waals surface area contributed by atoms with Gasteiger partial charge in [0.05, 0.1) is 0 Å². The first kappa shape index (κ1) is 14.8. The van der Waals surface area contributed by atoms with Crippen LogP contribution in [0.15, 0.2) is 42.7 Å². The third-order valence-electron chi connectivity index (χ3n) is 5.16. The minimum atomic E-state index is 0.629. The molecule has 0 radical (unpaired) electrons. The summed E-state index contributed by atoms with van der Waals surface area (Å²) in [5.41, 5.74) is 2.24. The smallest absolute Gasteiger partial charge is 0.159 e. The molecule has 4 heteroatoms. The van der Waals surface area contributed by atoms with E-state index in [4.69, 9.17) is 0 Å². The van der Waals surface area contributed by atoms with Crippen molar-refractivity contribution in [3.05, 3.63) is 48.3 Å². The Kier molecular flexibility index (Phi) is 4.35. The standard InChI is InChI=1S/C19H24N4/c1-2-6-16(7-3-1)19-21-13-15(14-22-19)12-20-17-9-11-23-10-5-4-8-18(17)23/h1-3,6-7,13-14,17-18,20H,4-5,8-12H2/t17-,18+/m1/s1. The predicted molar refractivity (Wildman–Crippen MR) is 91.9 cm³/mol. The molecule has 0 amide bonds. The van der Waals surface area contributed by atoms with E-state index < -0.39 is 0 Å². The van der Waals surface area contributed by atoms with E-state index in [2.05, 4.69) is 20.2 Å². The summed E-state index contributed by atoms with van der Waals surface area (Å²) in [5.74, 6) is 0.800. The quantitative estimate of drug-likeness (QED) is 0.943. The lowest BCUT2D eigenvalue weighted by atomic mass is 9.99. The van der Waals surface area contributed by atoms with Gasteiger partial charge >= 0.3 is 0 Å². The molecule has 2 aromatic rings. The second-order valence-corrected chi connectivity index (χ2v) is 6.66. The van der Waals surface area contributed by atoms with Crippen LogP contribution < -0.4 is 5.32 Å². The molecule has 1 aromatic heterocycles. The van der Waals surface area contributed by atoms with Crippen LogP contribution in [-0.4, -0.2) is 40.0 Å². The molecule has 2 saturated heterocycles. The van der Waals surface area contributed by atoms with E-state index in [9.17, 15) is 0 Å². The second kappa shape index (κ2) is 6.77. The minimum Gasteiger partial charge on any atom is -0.308 e. The SMILES string of the molecule is c1ccc(-c2ncc(CN[C@@H]3CCN4CCCC[C@@H]34)cn2)cc1. The maximum Gasteiger partial charge on any atom is 0.159 e. The van der Waals surface area contributed by atoms with Gasteiger partial charge in [-0.1, -0.05) is 36.8 Å². The lowest BCUT2D eigenvalue weighted by Gasteiger charge is -2.32. The number of piperidine rings is 1. The van der Waals surface area contributed by atoms with Crippen molar-refractivity contribution in [1.82, 2.24) is 20.2 Å². The number of hydrogen-bond acceptors (Lipinski definition) is 4. The summed E-state index contributed by atoms with van der Waals surface area (Å²) in [7, 11) is 0. The maximum absolute atomic E-state index is 4.51. The summed E-state index contributed by atoms with van der Waals surface area (Å²) in [6, 6.07) is 11.5. The molecule has 0 unspecified atom stereocenters. The molecule has 2 atom stereocenters. The Hall–Kier alpha value is -1.78. The second-order valence-electron chi connectivity index (χ2n) is 6.66. The van der Waals surface area contributed by atoms with Gasteiger partial charge in [-0.3, -0.25) is 4.90 Å². The van der Waals surface area contributed by atoms with Crippen molar-refractivity contribution in [3.63, 3.8) is 0 Å². The fourth-order valence-electron chi connectivity index (χ4n) is 3.92. The average molecular weight is 308 g/mol. The number of hydrogen-bond donors (Lipinski definition) is 1. The van der Waals surface area contributed by atoms with Crippen LogP contribution in [0.1, 0.15) is 31.2 Å². The van der Waals surface area contributed by atoms with Crippen LogP contribution >= 0.6 is 0 Å². The van der Waals surface area contributed by atoms with Gasteiger partial charge in [0.1, 0.15) is 0 Å². The zero-order valence-electron chi connectivity index (χ0n) is 13.5. The molecule has 1 aromatic carbocycles. The fraction of sp³-hybridized carbons (Fsp3) is 0.474. The van der Waals surface area contributed by atoms with E-state index in [1.165, 1.54) is 44.3 Å². The zero-order valence-corrected chi connectivity index (χ0v) is 13.5. The highest BCUT2D eigenvalue weighted by Gasteiger charge is 2.34. The van der Waals surface area contributed by atoms with E-state index >= 15 is 0 Å². The lowest BCUT2D eigenvalue weighted by Crippen LogP contribution is -2.44. The third kappa shape index (κ3) is 3.28. The van der Waals surface area contributed by atoms with Gasteiger partial charge in [0.15, 0.2) is 5.82 Å². The number of nitrogens with zero attached hydrogens (tertiary/aromatic N) is 3. The van der Waals surface area contributed by atoms with Crippen LogP contribution in [0.2, 0.25) is 0 Å². The molecule has 0 spiro atoms. The first-order valence-electron chi connectivity index (χ1n) is 8.74. The van der Waals surface area contributed by atoms with Crippen LogP contribution in [0.25, 0.3) is 11.4 Å². The summed E-state index contributed by atoms with van der Waals surface area (Å²) in [6.07, 6.45) is 9.28. The molecule has 2 aliphatic heterocycles. The van der Waals surface area contributed by atoms with Gasteiger partial charge in [0, 0.05) is 48.7 Å². The first-order chi connectivity index (χ1) is 11.4. The third-order valence-corrected chi connectivity index (χ3v) is 5.16. The normalized spacial score (nSPS) is 24.5. The molecular formula is C19H24N4. The van der Waals surface area contributed by atoms with Gasteiger partial charge in [-0.05, 0) is 25.8 Å². The Morgan fingerprint density at radius 1 is 1.00 bits per heavy atom. The van der Waals surface area contributed by atoms with Gasteiger partial charge in [0.2, 0.25) is 0 Å². The van der Waals surface area contributed by atoms with Gasteiger partial charge in [-0.15, -0.1) is 0 Å². The maximum atomic E-state index is 4.51. The first-order valence-corrected chi connectivity index (χ1v) is 8.74. The zero-order chi connectivity index (χ0) is 15.5. The van der Waals surface area contributed by atoms with E-state index in [-0.39, 0.29) is 0 Å². The van der Waals surface area contributed by atoms with Crippen LogP contribution in [0.4, 0.5) is 0 Å². The number of benzene rings is 1. The van der Waals surface area contributed by atoms with Crippen LogP contribution in [0.3, 0.4) is 0 Å². The Balaban J connectivity index is 1.36. The van der Waals surface area contributed by atoms with Gasteiger partial charge < -0.3 is 5.32 Å². The lowest BCUT2D eigenvalue weighted by molar-refractivity contribution is 0.180. The van der Waals surface area contributed by atoms with Crippen LogP contribution in [0, 0.1) is 0 Å². The van der Waals surface area contributed by atoms with Crippen molar-refractivity contribution in [2.24, 2.45) is 0 Å². The van der Waals surface area contributed by atoms with Gasteiger partial charge in [-0.25, -0.2) is 9.97 Å². The molecule has 23 heavy (non-hydrogen) atoms. The molecule has 0 aliphatic carbocycles. The molecule has 1 N–H and O–H groups in total. The summed E-state index contributed by atoms with van der Waals surface area (Å²) in [6.45, 7) is 3.41. The molecule has 3 heterocycles. The van der Waals surface area contributed by atoms with E-state index in [1.807, 2.05) is 42.7 Å². The molecular weight excluding hydrogens is 284 g/mol. The molecule has 2 aliphatic rings. The molecule has 0 saturated carbocycles. The number of rotatable bonds is 4. The van der Waals surface area contributed by atoms with Crippen LogP contribution in [0.5, 0.6) is 0 Å². The van der Waals surface area contributed by atoms with Gasteiger partial charge in [-0.2, -0.15) is 0 Å². The van der Waals surface area contributed by atoms with E-state index in [1.54, 1.807) is 0 Å². The number of nitrogens with one attached hydrogen (secondary N) is 1. The fourth-order valence-corrected chi connectivity index (χ4v) is 3.92. The van der Waals surface area contributed by atoms with Crippen molar-refractivity contribution in [2.75, 3.05) is 13.1 Å². The number of fused-ring (bicyclic) bond motifs is 1. The summed E-state index contributed by atoms with van der Waals surface area (Å²) in [5, 5.41) is 3.73. The molecule has 0 bridgehead atoms. The highest BCUT2D eigenvalue weighted by Crippen LogP contribution is 2.27. The average Bonchev–Trinajstić information content (AvgIpc) is 3.04. The number of aromatic nitrogens is 2. The van der Waals surface area contributed by atoms with Crippen LogP contribution in [-0.2, 0) is 6.54 Å². The molecule has 4 rings (SSSR count). The minimum absolute atomic E-state index is 0.629. The largest absolute Gasteiger partial charge is 0.308 e. The van der Waals surface area contributed by atoms with Crippen molar-refractivity contribution >= 4 is 0 Å². The monoisotopic (exact) mass is 308 g/mol. The predicted octanol–water partition coefficient (Wildman–Crippen LogP) is 2.86. The Morgan fingerprint density at radius 3 is 2.65 bits per heavy atom.